The molecule has 1 heterocycles. The number of amides is 1. The van der Waals surface area contributed by atoms with Gasteiger partial charge in [0.2, 0.25) is 0 Å². The summed E-state index contributed by atoms with van der Waals surface area (Å²) in [4.78, 5) is 12.3. The number of aliphatic hydroxyl groups excluding tert-OH is 1. The van der Waals surface area contributed by atoms with Crippen molar-refractivity contribution in [3.63, 3.8) is 0 Å². The molecule has 1 amide bonds. The Morgan fingerprint density at radius 2 is 1.79 bits per heavy atom. The van der Waals surface area contributed by atoms with Gasteiger partial charge in [-0.2, -0.15) is 0 Å². The predicted octanol–water partition coefficient (Wildman–Crippen LogP) is 2.30. The summed E-state index contributed by atoms with van der Waals surface area (Å²) in [6, 6.07) is 17.6. The number of para-hydroxylation sites is 2. The quantitative estimate of drug-likeness (QED) is 0.604. The summed E-state index contributed by atoms with van der Waals surface area (Å²) in [5, 5.41) is 16.3. The van der Waals surface area contributed by atoms with E-state index in [-0.39, 0.29) is 24.7 Å². The third kappa shape index (κ3) is 6.21. The zero-order chi connectivity index (χ0) is 20.6. The summed E-state index contributed by atoms with van der Waals surface area (Å²) >= 11 is 0. The highest BCUT2D eigenvalue weighted by Crippen LogP contribution is 2.31. The summed E-state index contributed by atoms with van der Waals surface area (Å²) in [6.07, 6.45) is 0.461. The smallest absolute Gasteiger partial charge is 0.250 e. The van der Waals surface area contributed by atoms with Gasteiger partial charge in [0.1, 0.15) is 12.7 Å². The van der Waals surface area contributed by atoms with Crippen molar-refractivity contribution in [3.05, 3.63) is 60.2 Å². The number of nitrogens with one attached hydrogen (secondary N) is 2. The number of carbonyl (C=O) groups is 1. The topological polar surface area (TPSA) is 79.8 Å². The molecule has 2 aromatic carbocycles. The Morgan fingerprint density at radius 1 is 1.10 bits per heavy atom. The molecule has 2 aromatic rings. The monoisotopic (exact) mass is 398 g/mol. The highest BCUT2D eigenvalue weighted by atomic mass is 16.6. The molecule has 6 heteroatoms. The van der Waals surface area contributed by atoms with Gasteiger partial charge >= 0.3 is 0 Å². The minimum absolute atomic E-state index is 0.196. The van der Waals surface area contributed by atoms with E-state index in [0.717, 1.165) is 12.8 Å². The predicted molar refractivity (Wildman–Crippen MR) is 112 cm³/mol. The SMILES string of the molecule is CC(CCc1ccccc1)NCC(O)C(=O)NC(C)C1COc2ccccc2O1. The van der Waals surface area contributed by atoms with Crippen LogP contribution < -0.4 is 20.1 Å². The molecule has 3 N–H and O–H groups in total. The maximum absolute atomic E-state index is 12.3. The highest BCUT2D eigenvalue weighted by Gasteiger charge is 2.28. The lowest BCUT2D eigenvalue weighted by atomic mass is 10.1. The van der Waals surface area contributed by atoms with E-state index < -0.39 is 12.0 Å². The summed E-state index contributed by atoms with van der Waals surface area (Å²) in [6.45, 7) is 4.46. The number of benzene rings is 2. The van der Waals surface area contributed by atoms with Gasteiger partial charge in [-0.1, -0.05) is 42.5 Å². The zero-order valence-electron chi connectivity index (χ0n) is 17.0. The molecule has 4 unspecified atom stereocenters. The minimum Gasteiger partial charge on any atom is -0.486 e. The normalized spacial score (nSPS) is 18.5. The number of aliphatic hydroxyl groups is 1. The van der Waals surface area contributed by atoms with Gasteiger partial charge in [-0.3, -0.25) is 4.79 Å². The van der Waals surface area contributed by atoms with E-state index in [1.54, 1.807) is 0 Å². The average Bonchev–Trinajstić information content (AvgIpc) is 2.76. The van der Waals surface area contributed by atoms with Crippen LogP contribution in [0.1, 0.15) is 25.8 Å². The van der Waals surface area contributed by atoms with E-state index >= 15 is 0 Å². The summed E-state index contributed by atoms with van der Waals surface area (Å²) in [5.74, 6) is 0.957. The van der Waals surface area contributed by atoms with Crippen molar-refractivity contribution in [2.75, 3.05) is 13.2 Å². The standard InChI is InChI=1S/C23H30N2O4/c1-16(12-13-18-8-4-3-5-9-18)24-14-19(26)23(27)25-17(2)22-15-28-20-10-6-7-11-21(20)29-22/h3-11,16-17,19,22,24,26H,12-15H2,1-2H3,(H,25,27). The van der Waals surface area contributed by atoms with E-state index in [0.29, 0.717) is 18.1 Å². The van der Waals surface area contributed by atoms with Crippen molar-refractivity contribution in [1.82, 2.24) is 10.6 Å². The van der Waals surface area contributed by atoms with Gasteiger partial charge in [0.05, 0.1) is 6.04 Å². The van der Waals surface area contributed by atoms with E-state index in [9.17, 15) is 9.90 Å². The lowest BCUT2D eigenvalue weighted by Gasteiger charge is -2.31. The third-order valence-corrected chi connectivity index (χ3v) is 5.13. The molecule has 6 nitrogen and oxygen atoms in total. The van der Waals surface area contributed by atoms with Crippen LogP contribution in [-0.2, 0) is 11.2 Å². The fraction of sp³-hybridized carbons (Fsp3) is 0.435. The molecule has 29 heavy (non-hydrogen) atoms. The lowest BCUT2D eigenvalue weighted by molar-refractivity contribution is -0.130. The zero-order valence-corrected chi connectivity index (χ0v) is 17.0. The Labute approximate surface area is 172 Å². The van der Waals surface area contributed by atoms with Crippen molar-refractivity contribution in [2.24, 2.45) is 0 Å². The van der Waals surface area contributed by atoms with Crippen molar-refractivity contribution in [3.8, 4) is 11.5 Å². The average molecular weight is 399 g/mol. The van der Waals surface area contributed by atoms with Gasteiger partial charge < -0.3 is 25.2 Å². The van der Waals surface area contributed by atoms with E-state index in [2.05, 4.69) is 29.7 Å². The fourth-order valence-electron chi connectivity index (χ4n) is 3.23. The van der Waals surface area contributed by atoms with Gasteiger partial charge in [-0.15, -0.1) is 0 Å². The van der Waals surface area contributed by atoms with Crippen LogP contribution in [0.25, 0.3) is 0 Å². The number of hydrogen-bond donors (Lipinski definition) is 3. The summed E-state index contributed by atoms with van der Waals surface area (Å²) < 4.78 is 11.6. The van der Waals surface area contributed by atoms with Crippen molar-refractivity contribution < 1.29 is 19.4 Å². The molecule has 1 aliphatic heterocycles. The molecular weight excluding hydrogens is 368 g/mol. The van der Waals surface area contributed by atoms with E-state index in [1.807, 2.05) is 49.4 Å². The third-order valence-electron chi connectivity index (χ3n) is 5.13. The molecule has 156 valence electrons. The van der Waals surface area contributed by atoms with E-state index in [4.69, 9.17) is 9.47 Å². The highest BCUT2D eigenvalue weighted by molar-refractivity contribution is 5.81. The first-order valence-electron chi connectivity index (χ1n) is 10.2. The molecule has 0 bridgehead atoms. The molecule has 0 aromatic heterocycles. The Kier molecular flexibility index (Phi) is 7.49. The Morgan fingerprint density at radius 3 is 2.55 bits per heavy atom. The van der Waals surface area contributed by atoms with Crippen LogP contribution in [0.3, 0.4) is 0 Å². The van der Waals surface area contributed by atoms with Crippen LogP contribution >= 0.6 is 0 Å². The first-order chi connectivity index (χ1) is 14.0. The molecule has 0 fully saturated rings. The Hall–Kier alpha value is -2.57. The minimum atomic E-state index is -1.12. The van der Waals surface area contributed by atoms with Gasteiger partial charge in [-0.05, 0) is 44.4 Å². The van der Waals surface area contributed by atoms with Crippen LogP contribution in [-0.4, -0.2) is 48.5 Å². The van der Waals surface area contributed by atoms with Gasteiger partial charge in [0.15, 0.2) is 17.6 Å². The molecule has 0 aliphatic carbocycles. The van der Waals surface area contributed by atoms with Crippen LogP contribution in [0.2, 0.25) is 0 Å². The van der Waals surface area contributed by atoms with E-state index in [1.165, 1.54) is 5.56 Å². The van der Waals surface area contributed by atoms with Crippen LogP contribution in [0, 0.1) is 0 Å². The van der Waals surface area contributed by atoms with Crippen molar-refractivity contribution in [2.45, 2.75) is 51.0 Å². The molecule has 3 rings (SSSR count). The van der Waals surface area contributed by atoms with Gasteiger partial charge in [-0.25, -0.2) is 0 Å². The largest absolute Gasteiger partial charge is 0.486 e. The fourth-order valence-corrected chi connectivity index (χ4v) is 3.23. The van der Waals surface area contributed by atoms with Gasteiger partial charge in [0, 0.05) is 12.6 Å². The maximum Gasteiger partial charge on any atom is 0.250 e. The molecule has 0 saturated heterocycles. The van der Waals surface area contributed by atoms with Crippen LogP contribution in [0.15, 0.2) is 54.6 Å². The number of aryl methyl sites for hydroxylation is 1. The maximum atomic E-state index is 12.3. The number of hydrogen-bond acceptors (Lipinski definition) is 5. The summed E-state index contributed by atoms with van der Waals surface area (Å²) in [7, 11) is 0. The molecule has 0 saturated carbocycles. The number of ether oxygens (including phenoxy) is 2. The number of rotatable bonds is 9. The van der Waals surface area contributed by atoms with Crippen LogP contribution in [0.4, 0.5) is 0 Å². The second-order valence-electron chi connectivity index (χ2n) is 7.56. The first kappa shape index (κ1) is 21.1. The van der Waals surface area contributed by atoms with Crippen molar-refractivity contribution in [1.29, 1.82) is 0 Å². The van der Waals surface area contributed by atoms with Crippen LogP contribution in [0.5, 0.6) is 11.5 Å². The molecule has 1 aliphatic rings. The Balaban J connectivity index is 1.38. The Bertz CT molecular complexity index is 783. The summed E-state index contributed by atoms with van der Waals surface area (Å²) in [5.41, 5.74) is 1.28. The first-order valence-corrected chi connectivity index (χ1v) is 10.2. The molecular formula is C23H30N2O4. The second kappa shape index (κ2) is 10.3. The molecule has 0 radical (unpaired) electrons. The molecule has 4 atom stereocenters. The second-order valence-corrected chi connectivity index (χ2v) is 7.56. The van der Waals surface area contributed by atoms with Gasteiger partial charge in [0.25, 0.3) is 5.91 Å². The lowest BCUT2D eigenvalue weighted by Crippen LogP contribution is -2.52. The molecule has 0 spiro atoms. The number of fused-ring (bicyclic) bond motifs is 1. The van der Waals surface area contributed by atoms with Crippen molar-refractivity contribution >= 4 is 5.91 Å². The number of carbonyl (C=O) groups excluding carboxylic acids is 1.